The Labute approximate surface area is 161 Å². The maximum atomic E-state index is 13.2. The summed E-state index contributed by atoms with van der Waals surface area (Å²) in [5, 5.41) is 3.16. The van der Waals surface area contributed by atoms with Gasteiger partial charge in [0.05, 0.1) is 11.3 Å². The summed E-state index contributed by atoms with van der Waals surface area (Å²) in [6.07, 6.45) is 1.38. The number of nitrogens with zero attached hydrogens (tertiary/aromatic N) is 1. The van der Waals surface area contributed by atoms with Gasteiger partial charge in [0.2, 0.25) is 5.91 Å². The molecule has 1 aliphatic heterocycles. The van der Waals surface area contributed by atoms with Crippen LogP contribution in [0.1, 0.15) is 73.9 Å². The maximum absolute atomic E-state index is 13.2. The van der Waals surface area contributed by atoms with Gasteiger partial charge in [0.15, 0.2) is 0 Å². The smallest absolute Gasteiger partial charge is 0.257 e. The van der Waals surface area contributed by atoms with Gasteiger partial charge in [0, 0.05) is 18.7 Å². The van der Waals surface area contributed by atoms with Crippen molar-refractivity contribution in [1.82, 2.24) is 0 Å². The number of nitrogens with one attached hydrogen (secondary N) is 1. The molecule has 2 aromatic rings. The molecule has 0 bridgehead atoms. The normalized spacial score (nSPS) is 14.3. The Morgan fingerprint density at radius 1 is 0.963 bits per heavy atom. The Balaban J connectivity index is 1.99. The van der Waals surface area contributed by atoms with Gasteiger partial charge in [0.1, 0.15) is 0 Å². The number of rotatable bonds is 5. The largest absolute Gasteiger partial charge is 0.321 e. The van der Waals surface area contributed by atoms with Crippen LogP contribution in [0.2, 0.25) is 0 Å². The van der Waals surface area contributed by atoms with Gasteiger partial charge in [0.25, 0.3) is 5.91 Å². The Morgan fingerprint density at radius 2 is 1.59 bits per heavy atom. The van der Waals surface area contributed by atoms with Crippen molar-refractivity contribution in [3.63, 3.8) is 0 Å². The van der Waals surface area contributed by atoms with Crippen molar-refractivity contribution >= 4 is 23.2 Å². The lowest BCUT2D eigenvalue weighted by Gasteiger charge is -2.22. The van der Waals surface area contributed by atoms with Crippen LogP contribution >= 0.6 is 0 Å². The van der Waals surface area contributed by atoms with Gasteiger partial charge in [-0.1, -0.05) is 58.0 Å². The molecule has 0 aliphatic carbocycles. The van der Waals surface area contributed by atoms with E-state index in [1.54, 1.807) is 11.0 Å². The van der Waals surface area contributed by atoms with Crippen molar-refractivity contribution in [2.24, 2.45) is 0 Å². The highest BCUT2D eigenvalue weighted by Gasteiger charge is 2.26. The predicted octanol–water partition coefficient (Wildman–Crippen LogP) is 5.31. The van der Waals surface area contributed by atoms with Gasteiger partial charge < -0.3 is 10.2 Å². The third-order valence-electron chi connectivity index (χ3n) is 5.12. The molecule has 1 fully saturated rings. The molecule has 1 saturated heterocycles. The van der Waals surface area contributed by atoms with Crippen molar-refractivity contribution in [3.05, 3.63) is 59.2 Å². The van der Waals surface area contributed by atoms with Crippen LogP contribution in [0.25, 0.3) is 0 Å². The number of hydrogen-bond donors (Lipinski definition) is 1. The molecule has 27 heavy (non-hydrogen) atoms. The van der Waals surface area contributed by atoms with Crippen molar-refractivity contribution in [2.75, 3.05) is 16.8 Å². The number of carbonyl (C=O) groups is 2. The van der Waals surface area contributed by atoms with E-state index in [9.17, 15) is 9.59 Å². The van der Waals surface area contributed by atoms with E-state index in [1.165, 1.54) is 0 Å². The van der Waals surface area contributed by atoms with Gasteiger partial charge in [-0.25, -0.2) is 0 Å². The molecule has 1 heterocycles. The fourth-order valence-corrected chi connectivity index (χ4v) is 3.68. The standard InChI is InChI=1S/C23H28N2O2/c1-15(2)17-10-7-11-18(16(3)4)22(17)24-23(27)19-9-5-6-12-20(19)25-14-8-13-21(25)26/h5-7,9-12,15-16H,8,13-14H2,1-4H3,(H,24,27). The molecule has 0 spiro atoms. The number of hydrogen-bond acceptors (Lipinski definition) is 2. The summed E-state index contributed by atoms with van der Waals surface area (Å²) in [5.41, 5.74) is 4.40. The van der Waals surface area contributed by atoms with Crippen LogP contribution in [0.5, 0.6) is 0 Å². The van der Waals surface area contributed by atoms with Crippen LogP contribution in [0.15, 0.2) is 42.5 Å². The number of carbonyl (C=O) groups excluding carboxylic acids is 2. The van der Waals surface area contributed by atoms with E-state index in [0.29, 0.717) is 36.1 Å². The minimum Gasteiger partial charge on any atom is -0.321 e. The molecule has 0 radical (unpaired) electrons. The van der Waals surface area contributed by atoms with Crippen LogP contribution in [-0.2, 0) is 4.79 Å². The number of anilines is 2. The molecule has 1 aliphatic rings. The molecule has 3 rings (SSSR count). The second-order valence-corrected chi connectivity index (χ2v) is 7.74. The van der Waals surface area contributed by atoms with Crippen molar-refractivity contribution in [3.8, 4) is 0 Å². The highest BCUT2D eigenvalue weighted by Crippen LogP contribution is 2.33. The van der Waals surface area contributed by atoms with E-state index in [0.717, 1.165) is 23.2 Å². The molecule has 1 N–H and O–H groups in total. The second kappa shape index (κ2) is 7.95. The summed E-state index contributed by atoms with van der Waals surface area (Å²) in [4.78, 5) is 27.1. The van der Waals surface area contributed by atoms with Gasteiger partial charge >= 0.3 is 0 Å². The molecular weight excluding hydrogens is 336 g/mol. The van der Waals surface area contributed by atoms with Gasteiger partial charge in [-0.05, 0) is 41.5 Å². The molecule has 142 valence electrons. The lowest BCUT2D eigenvalue weighted by molar-refractivity contribution is -0.117. The first-order chi connectivity index (χ1) is 12.9. The van der Waals surface area contributed by atoms with Crippen LogP contribution in [0, 0.1) is 0 Å². The monoisotopic (exact) mass is 364 g/mol. The molecule has 2 amide bonds. The lowest BCUT2D eigenvalue weighted by atomic mass is 9.92. The quantitative estimate of drug-likeness (QED) is 0.781. The minimum atomic E-state index is -0.166. The van der Waals surface area contributed by atoms with Crippen molar-refractivity contribution < 1.29 is 9.59 Å². The SMILES string of the molecule is CC(C)c1cccc(C(C)C)c1NC(=O)c1ccccc1N1CCCC1=O. The van der Waals surface area contributed by atoms with E-state index in [-0.39, 0.29) is 11.8 Å². The molecule has 0 aromatic heterocycles. The molecule has 2 aromatic carbocycles. The highest BCUT2D eigenvalue weighted by atomic mass is 16.2. The van der Waals surface area contributed by atoms with Gasteiger partial charge in [-0.3, -0.25) is 9.59 Å². The summed E-state index contributed by atoms with van der Waals surface area (Å²) in [6, 6.07) is 13.6. The number of amides is 2. The molecule has 0 unspecified atom stereocenters. The van der Waals surface area contributed by atoms with Crippen LogP contribution in [0.4, 0.5) is 11.4 Å². The first kappa shape index (κ1) is 19.2. The zero-order valence-electron chi connectivity index (χ0n) is 16.6. The lowest BCUT2D eigenvalue weighted by Crippen LogP contribution is -2.27. The van der Waals surface area contributed by atoms with Crippen LogP contribution in [0.3, 0.4) is 0 Å². The Hall–Kier alpha value is -2.62. The van der Waals surface area contributed by atoms with E-state index >= 15 is 0 Å². The average molecular weight is 364 g/mol. The van der Waals surface area contributed by atoms with E-state index in [4.69, 9.17) is 0 Å². The van der Waals surface area contributed by atoms with Gasteiger partial charge in [-0.2, -0.15) is 0 Å². The third kappa shape index (κ3) is 3.90. The van der Waals surface area contributed by atoms with Crippen molar-refractivity contribution in [2.45, 2.75) is 52.4 Å². The van der Waals surface area contributed by atoms with Crippen LogP contribution in [-0.4, -0.2) is 18.4 Å². The van der Waals surface area contributed by atoms with Crippen molar-refractivity contribution in [1.29, 1.82) is 0 Å². The topological polar surface area (TPSA) is 49.4 Å². The zero-order valence-corrected chi connectivity index (χ0v) is 16.6. The molecule has 4 heteroatoms. The second-order valence-electron chi connectivity index (χ2n) is 7.74. The third-order valence-corrected chi connectivity index (χ3v) is 5.12. The first-order valence-electron chi connectivity index (χ1n) is 9.73. The van der Waals surface area contributed by atoms with Gasteiger partial charge in [-0.15, -0.1) is 0 Å². The molecule has 0 saturated carbocycles. The van der Waals surface area contributed by atoms with Crippen LogP contribution < -0.4 is 10.2 Å². The minimum absolute atomic E-state index is 0.0840. The summed E-state index contributed by atoms with van der Waals surface area (Å²) in [5.74, 6) is 0.518. The Kier molecular flexibility index (Phi) is 5.64. The summed E-state index contributed by atoms with van der Waals surface area (Å²) in [6.45, 7) is 9.19. The Bertz CT molecular complexity index is 829. The first-order valence-corrected chi connectivity index (χ1v) is 9.73. The van der Waals surface area contributed by atoms with E-state index < -0.39 is 0 Å². The van der Waals surface area contributed by atoms with E-state index in [1.807, 2.05) is 18.2 Å². The fraction of sp³-hybridized carbons (Fsp3) is 0.391. The highest BCUT2D eigenvalue weighted by molar-refractivity contribution is 6.11. The maximum Gasteiger partial charge on any atom is 0.257 e. The number of benzene rings is 2. The number of para-hydroxylation sites is 2. The molecular formula is C23H28N2O2. The summed E-state index contributed by atoms with van der Waals surface area (Å²) < 4.78 is 0. The average Bonchev–Trinajstić information content (AvgIpc) is 3.07. The summed E-state index contributed by atoms with van der Waals surface area (Å²) in [7, 11) is 0. The summed E-state index contributed by atoms with van der Waals surface area (Å²) >= 11 is 0. The molecule has 0 atom stereocenters. The fourth-order valence-electron chi connectivity index (χ4n) is 3.68. The molecule has 4 nitrogen and oxygen atoms in total. The van der Waals surface area contributed by atoms with E-state index in [2.05, 4.69) is 51.2 Å². The Morgan fingerprint density at radius 3 is 2.15 bits per heavy atom. The zero-order chi connectivity index (χ0) is 19.6. The predicted molar refractivity (Wildman–Crippen MR) is 111 cm³/mol.